The summed E-state index contributed by atoms with van der Waals surface area (Å²) in [5.41, 5.74) is 1.21. The first-order valence-corrected chi connectivity index (χ1v) is 7.29. The van der Waals surface area contributed by atoms with E-state index in [4.69, 9.17) is 9.47 Å². The van der Waals surface area contributed by atoms with Gasteiger partial charge in [0.05, 0.1) is 13.2 Å². The van der Waals surface area contributed by atoms with E-state index < -0.39 is 0 Å². The molecule has 1 N–H and O–H groups in total. The SMILES string of the molecule is CCOCCN(CC)c1ncccc1CNCCOC. The molecule has 1 rings (SSSR count). The molecule has 0 unspecified atom stereocenters. The molecule has 0 fully saturated rings. The van der Waals surface area contributed by atoms with Gasteiger partial charge in [-0.15, -0.1) is 0 Å². The van der Waals surface area contributed by atoms with E-state index in [0.29, 0.717) is 0 Å². The zero-order valence-corrected chi connectivity index (χ0v) is 12.9. The van der Waals surface area contributed by atoms with E-state index in [1.807, 2.05) is 19.2 Å². The summed E-state index contributed by atoms with van der Waals surface area (Å²) in [4.78, 5) is 6.78. The van der Waals surface area contributed by atoms with E-state index in [0.717, 1.165) is 51.8 Å². The standard InChI is InChI=1S/C15H27N3O2/c1-4-18(10-12-20-5-2)15-14(7-6-8-17-15)13-16-9-11-19-3/h6-8,16H,4-5,9-13H2,1-3H3. The molecule has 0 aliphatic rings. The first-order valence-electron chi connectivity index (χ1n) is 7.29. The van der Waals surface area contributed by atoms with Gasteiger partial charge in [-0.05, 0) is 19.9 Å². The maximum atomic E-state index is 5.44. The van der Waals surface area contributed by atoms with Crippen molar-refractivity contribution in [2.24, 2.45) is 0 Å². The number of rotatable bonds is 11. The Labute approximate surface area is 122 Å². The maximum Gasteiger partial charge on any atom is 0.133 e. The minimum Gasteiger partial charge on any atom is -0.383 e. The lowest BCUT2D eigenvalue weighted by Crippen LogP contribution is -2.30. The molecule has 0 aliphatic heterocycles. The number of nitrogens with one attached hydrogen (secondary N) is 1. The number of likely N-dealkylation sites (N-methyl/N-ethyl adjacent to an activating group) is 1. The molecule has 0 aromatic carbocycles. The zero-order valence-electron chi connectivity index (χ0n) is 12.9. The van der Waals surface area contributed by atoms with E-state index in [1.165, 1.54) is 5.56 Å². The van der Waals surface area contributed by atoms with Crippen molar-refractivity contribution < 1.29 is 9.47 Å². The van der Waals surface area contributed by atoms with Crippen molar-refractivity contribution >= 4 is 5.82 Å². The third-order valence-electron chi connectivity index (χ3n) is 3.06. The van der Waals surface area contributed by atoms with Gasteiger partial charge in [-0.3, -0.25) is 0 Å². The molecule has 0 saturated carbocycles. The molecule has 0 saturated heterocycles. The van der Waals surface area contributed by atoms with E-state index in [-0.39, 0.29) is 0 Å². The van der Waals surface area contributed by atoms with Crippen LogP contribution < -0.4 is 10.2 Å². The fourth-order valence-corrected chi connectivity index (χ4v) is 1.98. The Balaban J connectivity index is 2.61. The lowest BCUT2D eigenvalue weighted by Gasteiger charge is -2.24. The fraction of sp³-hybridized carbons (Fsp3) is 0.667. The molecule has 5 heteroatoms. The van der Waals surface area contributed by atoms with Crippen LogP contribution in [0.2, 0.25) is 0 Å². The summed E-state index contributed by atoms with van der Waals surface area (Å²) in [6.07, 6.45) is 1.84. The Hall–Kier alpha value is -1.17. The van der Waals surface area contributed by atoms with Crippen molar-refractivity contribution in [3.05, 3.63) is 23.9 Å². The van der Waals surface area contributed by atoms with Gasteiger partial charge in [0.15, 0.2) is 0 Å². The lowest BCUT2D eigenvalue weighted by molar-refractivity contribution is 0.154. The van der Waals surface area contributed by atoms with Gasteiger partial charge >= 0.3 is 0 Å². The quantitative estimate of drug-likeness (QED) is 0.625. The number of ether oxygens (including phenoxy) is 2. The number of aromatic nitrogens is 1. The van der Waals surface area contributed by atoms with Crippen LogP contribution in [-0.4, -0.2) is 51.5 Å². The Bertz CT molecular complexity index is 361. The monoisotopic (exact) mass is 281 g/mol. The van der Waals surface area contributed by atoms with Gasteiger partial charge in [-0.2, -0.15) is 0 Å². The summed E-state index contributed by atoms with van der Waals surface area (Å²) in [5, 5.41) is 3.37. The summed E-state index contributed by atoms with van der Waals surface area (Å²) in [7, 11) is 1.71. The van der Waals surface area contributed by atoms with Crippen molar-refractivity contribution in [3.63, 3.8) is 0 Å². The van der Waals surface area contributed by atoms with Crippen molar-refractivity contribution in [2.75, 3.05) is 51.5 Å². The Morgan fingerprint density at radius 3 is 2.85 bits per heavy atom. The third kappa shape index (κ3) is 5.86. The second-order valence-corrected chi connectivity index (χ2v) is 4.43. The molecule has 1 aromatic heterocycles. The predicted molar refractivity (Wildman–Crippen MR) is 82.2 cm³/mol. The summed E-state index contributed by atoms with van der Waals surface area (Å²) >= 11 is 0. The van der Waals surface area contributed by atoms with Crippen LogP contribution in [0.3, 0.4) is 0 Å². The number of methoxy groups -OCH3 is 1. The summed E-state index contributed by atoms with van der Waals surface area (Å²) in [6.45, 7) is 9.81. The Morgan fingerprint density at radius 1 is 1.30 bits per heavy atom. The second kappa shape index (κ2) is 10.6. The van der Waals surface area contributed by atoms with Crippen molar-refractivity contribution in [1.29, 1.82) is 0 Å². The van der Waals surface area contributed by atoms with Crippen LogP contribution in [0.5, 0.6) is 0 Å². The molecular formula is C15H27N3O2. The lowest BCUT2D eigenvalue weighted by atomic mass is 10.2. The van der Waals surface area contributed by atoms with E-state index >= 15 is 0 Å². The van der Waals surface area contributed by atoms with E-state index in [1.54, 1.807) is 7.11 Å². The number of nitrogens with zero attached hydrogens (tertiary/aromatic N) is 2. The fourth-order valence-electron chi connectivity index (χ4n) is 1.98. The van der Waals surface area contributed by atoms with Crippen molar-refractivity contribution in [3.8, 4) is 0 Å². The minimum absolute atomic E-state index is 0.720. The van der Waals surface area contributed by atoms with Gasteiger partial charge in [0.25, 0.3) is 0 Å². The van der Waals surface area contributed by atoms with Crippen molar-refractivity contribution in [2.45, 2.75) is 20.4 Å². The Kier molecular flexibility index (Phi) is 8.95. The van der Waals surface area contributed by atoms with Crippen LogP contribution in [0.25, 0.3) is 0 Å². The van der Waals surface area contributed by atoms with Crippen LogP contribution in [0.15, 0.2) is 18.3 Å². The number of hydrogen-bond donors (Lipinski definition) is 1. The highest BCUT2D eigenvalue weighted by molar-refractivity contribution is 5.46. The molecule has 5 nitrogen and oxygen atoms in total. The van der Waals surface area contributed by atoms with Crippen LogP contribution in [0, 0.1) is 0 Å². The average molecular weight is 281 g/mol. The summed E-state index contributed by atoms with van der Waals surface area (Å²) in [6, 6.07) is 4.10. The summed E-state index contributed by atoms with van der Waals surface area (Å²) in [5.74, 6) is 1.04. The third-order valence-corrected chi connectivity index (χ3v) is 3.06. The molecule has 0 atom stereocenters. The predicted octanol–water partition coefficient (Wildman–Crippen LogP) is 1.68. The highest BCUT2D eigenvalue weighted by atomic mass is 16.5. The second-order valence-electron chi connectivity index (χ2n) is 4.43. The number of pyridine rings is 1. The van der Waals surface area contributed by atoms with Gasteiger partial charge < -0.3 is 19.7 Å². The van der Waals surface area contributed by atoms with Gasteiger partial charge in [-0.25, -0.2) is 4.98 Å². The zero-order chi connectivity index (χ0) is 14.6. The smallest absolute Gasteiger partial charge is 0.133 e. The van der Waals surface area contributed by atoms with E-state index in [9.17, 15) is 0 Å². The number of hydrogen-bond acceptors (Lipinski definition) is 5. The first-order chi connectivity index (χ1) is 9.83. The van der Waals surface area contributed by atoms with Crippen LogP contribution in [-0.2, 0) is 16.0 Å². The Morgan fingerprint density at radius 2 is 2.15 bits per heavy atom. The normalized spacial score (nSPS) is 10.8. The first kappa shape index (κ1) is 16.9. The van der Waals surface area contributed by atoms with Crippen LogP contribution in [0.4, 0.5) is 5.82 Å². The molecule has 0 aliphatic carbocycles. The van der Waals surface area contributed by atoms with Gasteiger partial charge in [0.1, 0.15) is 5.82 Å². The topological polar surface area (TPSA) is 46.6 Å². The van der Waals surface area contributed by atoms with Crippen molar-refractivity contribution in [1.82, 2.24) is 10.3 Å². The number of anilines is 1. The van der Waals surface area contributed by atoms with Gasteiger partial charge in [0, 0.05) is 51.7 Å². The molecule has 0 bridgehead atoms. The summed E-state index contributed by atoms with van der Waals surface area (Å²) < 4.78 is 10.5. The highest BCUT2D eigenvalue weighted by Crippen LogP contribution is 2.16. The molecule has 20 heavy (non-hydrogen) atoms. The minimum atomic E-state index is 0.720. The molecule has 1 aromatic rings. The highest BCUT2D eigenvalue weighted by Gasteiger charge is 2.10. The molecule has 0 amide bonds. The molecule has 1 heterocycles. The maximum absolute atomic E-state index is 5.44. The van der Waals surface area contributed by atoms with Crippen LogP contribution in [0.1, 0.15) is 19.4 Å². The van der Waals surface area contributed by atoms with Crippen LogP contribution >= 0.6 is 0 Å². The average Bonchev–Trinajstić information content (AvgIpc) is 2.49. The molecule has 0 spiro atoms. The molecule has 114 valence electrons. The molecular weight excluding hydrogens is 254 g/mol. The van der Waals surface area contributed by atoms with E-state index in [2.05, 4.69) is 28.2 Å². The van der Waals surface area contributed by atoms with Gasteiger partial charge in [0.2, 0.25) is 0 Å². The molecule has 0 radical (unpaired) electrons. The van der Waals surface area contributed by atoms with Gasteiger partial charge in [-0.1, -0.05) is 6.07 Å². The largest absolute Gasteiger partial charge is 0.383 e.